The van der Waals surface area contributed by atoms with Gasteiger partial charge in [-0.3, -0.25) is 4.79 Å². The van der Waals surface area contributed by atoms with E-state index in [0.717, 1.165) is 16.7 Å². The Labute approximate surface area is 163 Å². The van der Waals surface area contributed by atoms with Crippen molar-refractivity contribution >= 4 is 17.8 Å². The summed E-state index contributed by atoms with van der Waals surface area (Å²) in [6.07, 6.45) is 1.98. The van der Waals surface area contributed by atoms with E-state index in [-0.39, 0.29) is 12.4 Å². The van der Waals surface area contributed by atoms with E-state index in [2.05, 4.69) is 13.8 Å². The molecule has 0 atom stereocenters. The molecular formula is C22H22O6. The van der Waals surface area contributed by atoms with Gasteiger partial charge in [-0.15, -0.1) is 0 Å². The van der Waals surface area contributed by atoms with E-state index in [0.29, 0.717) is 47.0 Å². The average Bonchev–Trinajstić information content (AvgIpc) is 2.82. The highest BCUT2D eigenvalue weighted by Gasteiger charge is 2.31. The zero-order chi connectivity index (χ0) is 19.8. The van der Waals surface area contributed by atoms with Crippen molar-refractivity contribution in [3.8, 4) is 28.7 Å². The number of carbonyl (C=O) groups is 1. The Morgan fingerprint density at radius 2 is 1.79 bits per heavy atom. The molecule has 0 unspecified atom stereocenters. The summed E-state index contributed by atoms with van der Waals surface area (Å²) in [5, 5.41) is 0. The van der Waals surface area contributed by atoms with Crippen LogP contribution in [0.25, 0.3) is 11.8 Å². The highest BCUT2D eigenvalue weighted by Crippen LogP contribution is 2.49. The molecule has 2 aromatic carbocycles. The van der Waals surface area contributed by atoms with E-state index in [4.69, 9.17) is 23.7 Å². The molecule has 0 bridgehead atoms. The largest absolute Gasteiger partial charge is 0.493 e. The summed E-state index contributed by atoms with van der Waals surface area (Å²) in [6, 6.07) is 7.29. The quantitative estimate of drug-likeness (QED) is 0.713. The van der Waals surface area contributed by atoms with Crippen LogP contribution >= 0.6 is 0 Å². The molecule has 0 radical (unpaired) electrons. The van der Waals surface area contributed by atoms with Crippen LogP contribution in [-0.4, -0.2) is 26.8 Å². The van der Waals surface area contributed by atoms with E-state index >= 15 is 0 Å². The molecule has 6 heteroatoms. The second-order valence-corrected chi connectivity index (χ2v) is 7.14. The molecule has 146 valence electrons. The van der Waals surface area contributed by atoms with Crippen molar-refractivity contribution in [1.82, 2.24) is 0 Å². The van der Waals surface area contributed by atoms with Gasteiger partial charge in [0, 0.05) is 11.6 Å². The maximum Gasteiger partial charge on any atom is 0.315 e. The molecule has 2 aliphatic rings. The van der Waals surface area contributed by atoms with Gasteiger partial charge in [0.2, 0.25) is 0 Å². The second kappa shape index (κ2) is 7.11. The number of esters is 1. The maximum atomic E-state index is 12.1. The molecule has 0 saturated heterocycles. The van der Waals surface area contributed by atoms with Gasteiger partial charge >= 0.3 is 5.97 Å². The fourth-order valence-electron chi connectivity index (χ4n) is 3.29. The predicted molar refractivity (Wildman–Crippen MR) is 104 cm³/mol. The third-order valence-electron chi connectivity index (χ3n) is 4.60. The average molecular weight is 382 g/mol. The van der Waals surface area contributed by atoms with E-state index in [1.165, 1.54) is 0 Å². The minimum Gasteiger partial charge on any atom is -0.493 e. The lowest BCUT2D eigenvalue weighted by atomic mass is 9.98. The number of ether oxygens (including phenoxy) is 5. The van der Waals surface area contributed by atoms with Crippen molar-refractivity contribution < 1.29 is 28.5 Å². The van der Waals surface area contributed by atoms with Gasteiger partial charge < -0.3 is 23.7 Å². The van der Waals surface area contributed by atoms with Gasteiger partial charge in [-0.25, -0.2) is 0 Å². The number of fused-ring (bicyclic) bond motifs is 1. The summed E-state index contributed by atoms with van der Waals surface area (Å²) in [5.41, 5.74) is 2.32. The van der Waals surface area contributed by atoms with Gasteiger partial charge in [-0.05, 0) is 29.7 Å². The van der Waals surface area contributed by atoms with Gasteiger partial charge in [-0.2, -0.15) is 0 Å². The van der Waals surface area contributed by atoms with E-state index < -0.39 is 0 Å². The van der Waals surface area contributed by atoms with Crippen LogP contribution in [0.2, 0.25) is 0 Å². The van der Waals surface area contributed by atoms with E-state index in [9.17, 15) is 4.79 Å². The molecule has 0 aromatic heterocycles. The van der Waals surface area contributed by atoms with Crippen molar-refractivity contribution in [2.24, 2.45) is 5.92 Å². The van der Waals surface area contributed by atoms with Crippen molar-refractivity contribution in [2.75, 3.05) is 20.8 Å². The molecule has 4 rings (SSSR count). The SMILES string of the molecule is COc1cc2c(cc1OC)Oc1c(OCC(C)C)ccc3c1C(=C2)OC(=O)C3. The monoisotopic (exact) mass is 382 g/mol. The summed E-state index contributed by atoms with van der Waals surface area (Å²) in [5.74, 6) is 3.34. The molecule has 0 aliphatic carbocycles. The summed E-state index contributed by atoms with van der Waals surface area (Å²) in [4.78, 5) is 12.1. The van der Waals surface area contributed by atoms with Crippen molar-refractivity contribution in [2.45, 2.75) is 20.3 Å². The predicted octanol–water partition coefficient (Wildman–Crippen LogP) is 4.44. The summed E-state index contributed by atoms with van der Waals surface area (Å²) in [7, 11) is 3.14. The first-order valence-corrected chi connectivity index (χ1v) is 9.15. The van der Waals surface area contributed by atoms with E-state index in [1.54, 1.807) is 32.4 Å². The number of hydrogen-bond donors (Lipinski definition) is 0. The summed E-state index contributed by atoms with van der Waals surface area (Å²) >= 11 is 0. The molecule has 0 spiro atoms. The standard InChI is InChI=1S/C22H22O6/c1-12(2)11-26-15-6-5-13-9-20(23)27-19-8-14-7-17(24-3)18(25-4)10-16(14)28-22(15)21(13)19/h5-8,10,12H,9,11H2,1-4H3. The van der Waals surface area contributed by atoms with Gasteiger partial charge in [0.1, 0.15) is 11.5 Å². The van der Waals surface area contributed by atoms with E-state index in [1.807, 2.05) is 12.1 Å². The lowest BCUT2D eigenvalue weighted by Crippen LogP contribution is -2.16. The number of hydrogen-bond acceptors (Lipinski definition) is 6. The van der Waals surface area contributed by atoms with Crippen molar-refractivity contribution in [3.63, 3.8) is 0 Å². The van der Waals surface area contributed by atoms with Crippen molar-refractivity contribution in [3.05, 3.63) is 41.0 Å². The molecule has 0 fully saturated rings. The number of methoxy groups -OCH3 is 2. The number of rotatable bonds is 5. The van der Waals surface area contributed by atoms with Gasteiger partial charge in [-0.1, -0.05) is 19.9 Å². The topological polar surface area (TPSA) is 63.2 Å². The van der Waals surface area contributed by atoms with Crippen LogP contribution in [0.5, 0.6) is 28.7 Å². The normalized spacial score (nSPS) is 14.2. The number of benzene rings is 2. The lowest BCUT2D eigenvalue weighted by molar-refractivity contribution is -0.136. The zero-order valence-corrected chi connectivity index (χ0v) is 16.3. The zero-order valence-electron chi connectivity index (χ0n) is 16.3. The fraction of sp³-hybridized carbons (Fsp3) is 0.318. The third-order valence-corrected chi connectivity index (χ3v) is 4.60. The smallest absolute Gasteiger partial charge is 0.315 e. The summed E-state index contributed by atoms with van der Waals surface area (Å²) in [6.45, 7) is 4.71. The Morgan fingerprint density at radius 1 is 1.04 bits per heavy atom. The molecular weight excluding hydrogens is 360 g/mol. The van der Waals surface area contributed by atoms with Gasteiger partial charge in [0.05, 0.1) is 32.8 Å². The fourth-order valence-corrected chi connectivity index (χ4v) is 3.29. The van der Waals surface area contributed by atoms with Crippen LogP contribution in [0.4, 0.5) is 0 Å². The number of carbonyl (C=O) groups excluding carboxylic acids is 1. The molecule has 2 heterocycles. The molecule has 28 heavy (non-hydrogen) atoms. The van der Waals surface area contributed by atoms with Crippen LogP contribution in [0.3, 0.4) is 0 Å². The minimum absolute atomic E-state index is 0.191. The first kappa shape index (κ1) is 18.2. The van der Waals surface area contributed by atoms with Crippen LogP contribution in [0.15, 0.2) is 24.3 Å². The van der Waals surface area contributed by atoms with Crippen LogP contribution in [0, 0.1) is 5.92 Å². The first-order valence-electron chi connectivity index (χ1n) is 9.15. The highest BCUT2D eigenvalue weighted by atomic mass is 16.5. The molecule has 2 aromatic rings. The second-order valence-electron chi connectivity index (χ2n) is 7.14. The maximum absolute atomic E-state index is 12.1. The molecule has 0 N–H and O–H groups in total. The van der Waals surface area contributed by atoms with Crippen molar-refractivity contribution in [1.29, 1.82) is 0 Å². The van der Waals surface area contributed by atoms with Gasteiger partial charge in [0.15, 0.2) is 23.0 Å². The first-order chi connectivity index (χ1) is 13.5. The summed E-state index contributed by atoms with van der Waals surface area (Å²) < 4.78 is 28.6. The Bertz CT molecular complexity index is 973. The third kappa shape index (κ3) is 3.15. The Hall–Kier alpha value is -3.15. The van der Waals surface area contributed by atoms with Crippen LogP contribution < -0.4 is 18.9 Å². The molecule has 6 nitrogen and oxygen atoms in total. The Kier molecular flexibility index (Phi) is 4.63. The Morgan fingerprint density at radius 3 is 2.50 bits per heavy atom. The van der Waals surface area contributed by atoms with Gasteiger partial charge in [0.25, 0.3) is 0 Å². The molecule has 0 amide bonds. The van der Waals surface area contributed by atoms with Crippen LogP contribution in [0.1, 0.15) is 30.5 Å². The molecule has 0 saturated carbocycles. The lowest BCUT2D eigenvalue weighted by Gasteiger charge is -2.22. The molecule has 2 aliphatic heterocycles. The Balaban J connectivity index is 1.91. The van der Waals surface area contributed by atoms with Crippen LogP contribution in [-0.2, 0) is 16.0 Å². The minimum atomic E-state index is -0.301. The highest BCUT2D eigenvalue weighted by molar-refractivity contribution is 5.95.